The summed E-state index contributed by atoms with van der Waals surface area (Å²) in [5.74, 6) is -0.243. The highest BCUT2D eigenvalue weighted by Crippen LogP contribution is 2.01. The standard InChI is InChI=1S/C14H20N2O2/c1-2-3-11-15-14(18)16-13(17)10-9-12-7-5-4-6-8-12/h4-8H,2-3,9-11H2,1H3,(H2,15,16,17,18). The summed E-state index contributed by atoms with van der Waals surface area (Å²) in [5, 5.41) is 4.96. The average molecular weight is 248 g/mol. The van der Waals surface area contributed by atoms with Gasteiger partial charge in [-0.05, 0) is 18.4 Å². The Morgan fingerprint density at radius 1 is 1.17 bits per heavy atom. The molecular weight excluding hydrogens is 228 g/mol. The van der Waals surface area contributed by atoms with E-state index in [-0.39, 0.29) is 5.91 Å². The van der Waals surface area contributed by atoms with Crippen LogP contribution < -0.4 is 10.6 Å². The van der Waals surface area contributed by atoms with Crippen molar-refractivity contribution in [3.63, 3.8) is 0 Å². The lowest BCUT2D eigenvalue weighted by Gasteiger charge is -2.06. The molecule has 1 aromatic carbocycles. The van der Waals surface area contributed by atoms with Gasteiger partial charge in [0.15, 0.2) is 0 Å². The first-order valence-corrected chi connectivity index (χ1v) is 6.34. The van der Waals surface area contributed by atoms with Gasteiger partial charge in [-0.1, -0.05) is 43.7 Å². The highest BCUT2D eigenvalue weighted by molar-refractivity contribution is 5.94. The van der Waals surface area contributed by atoms with Crippen LogP contribution in [-0.4, -0.2) is 18.5 Å². The van der Waals surface area contributed by atoms with Gasteiger partial charge in [0, 0.05) is 13.0 Å². The average Bonchev–Trinajstić information content (AvgIpc) is 2.38. The van der Waals surface area contributed by atoms with Crippen LogP contribution in [0.4, 0.5) is 4.79 Å². The van der Waals surface area contributed by atoms with E-state index in [1.165, 1.54) is 0 Å². The molecule has 0 bridgehead atoms. The lowest BCUT2D eigenvalue weighted by molar-refractivity contribution is -0.119. The number of benzene rings is 1. The van der Waals surface area contributed by atoms with Crippen molar-refractivity contribution in [1.82, 2.24) is 10.6 Å². The van der Waals surface area contributed by atoms with Crippen molar-refractivity contribution in [3.8, 4) is 0 Å². The van der Waals surface area contributed by atoms with Gasteiger partial charge in [-0.15, -0.1) is 0 Å². The van der Waals surface area contributed by atoms with Crippen LogP contribution in [0.15, 0.2) is 30.3 Å². The summed E-state index contributed by atoms with van der Waals surface area (Å²) in [6.07, 6.45) is 2.91. The summed E-state index contributed by atoms with van der Waals surface area (Å²) in [5.41, 5.74) is 1.10. The molecule has 3 amide bonds. The molecule has 0 fully saturated rings. The molecule has 0 aliphatic rings. The molecule has 1 aromatic rings. The second-order valence-corrected chi connectivity index (χ2v) is 4.14. The number of hydrogen-bond acceptors (Lipinski definition) is 2. The van der Waals surface area contributed by atoms with Crippen molar-refractivity contribution in [2.75, 3.05) is 6.54 Å². The first kappa shape index (κ1) is 14.2. The van der Waals surface area contributed by atoms with Gasteiger partial charge in [-0.25, -0.2) is 4.79 Å². The van der Waals surface area contributed by atoms with E-state index in [1.54, 1.807) is 0 Å². The van der Waals surface area contributed by atoms with Crippen LogP contribution in [0.2, 0.25) is 0 Å². The summed E-state index contributed by atoms with van der Waals surface area (Å²) in [6.45, 7) is 2.65. The van der Waals surface area contributed by atoms with Gasteiger partial charge in [0.1, 0.15) is 0 Å². The van der Waals surface area contributed by atoms with Gasteiger partial charge in [-0.3, -0.25) is 10.1 Å². The molecule has 4 nitrogen and oxygen atoms in total. The first-order valence-electron chi connectivity index (χ1n) is 6.34. The van der Waals surface area contributed by atoms with Crippen LogP contribution >= 0.6 is 0 Å². The summed E-state index contributed by atoms with van der Waals surface area (Å²) in [7, 11) is 0. The molecule has 1 rings (SSSR count). The van der Waals surface area contributed by atoms with Gasteiger partial charge in [0.25, 0.3) is 0 Å². The topological polar surface area (TPSA) is 58.2 Å². The number of aryl methyl sites for hydroxylation is 1. The quantitative estimate of drug-likeness (QED) is 0.758. The number of rotatable bonds is 6. The van der Waals surface area contributed by atoms with Crippen molar-refractivity contribution >= 4 is 11.9 Å². The minimum absolute atomic E-state index is 0.243. The predicted molar refractivity (Wildman–Crippen MR) is 71.2 cm³/mol. The molecule has 0 aromatic heterocycles. The van der Waals surface area contributed by atoms with Crippen molar-refractivity contribution in [2.45, 2.75) is 32.6 Å². The highest BCUT2D eigenvalue weighted by atomic mass is 16.2. The molecule has 98 valence electrons. The van der Waals surface area contributed by atoms with E-state index in [0.29, 0.717) is 19.4 Å². The highest BCUT2D eigenvalue weighted by Gasteiger charge is 2.06. The van der Waals surface area contributed by atoms with E-state index in [1.807, 2.05) is 37.3 Å². The van der Waals surface area contributed by atoms with Crippen molar-refractivity contribution in [3.05, 3.63) is 35.9 Å². The third-order valence-electron chi connectivity index (χ3n) is 2.55. The molecule has 0 aliphatic carbocycles. The molecule has 18 heavy (non-hydrogen) atoms. The molecule has 0 aliphatic heterocycles. The van der Waals surface area contributed by atoms with Crippen LogP contribution in [0.3, 0.4) is 0 Å². The Kier molecular flexibility index (Phi) is 6.54. The molecule has 0 unspecified atom stereocenters. The summed E-state index contributed by atoms with van der Waals surface area (Å²) in [6, 6.07) is 9.34. The van der Waals surface area contributed by atoms with E-state index in [9.17, 15) is 9.59 Å². The molecular formula is C14H20N2O2. The Balaban J connectivity index is 2.19. The summed E-state index contributed by atoms with van der Waals surface area (Å²) in [4.78, 5) is 22.8. The van der Waals surface area contributed by atoms with Crippen LogP contribution in [0, 0.1) is 0 Å². The molecule has 0 saturated heterocycles. The minimum Gasteiger partial charge on any atom is -0.338 e. The van der Waals surface area contributed by atoms with E-state index < -0.39 is 6.03 Å². The Bertz CT molecular complexity index is 377. The van der Waals surface area contributed by atoms with Crippen molar-refractivity contribution < 1.29 is 9.59 Å². The Morgan fingerprint density at radius 2 is 1.89 bits per heavy atom. The van der Waals surface area contributed by atoms with Gasteiger partial charge in [0.05, 0.1) is 0 Å². The molecule has 0 heterocycles. The molecule has 0 spiro atoms. The maximum atomic E-state index is 11.5. The third kappa shape index (κ3) is 6.03. The van der Waals surface area contributed by atoms with Crippen LogP contribution in [0.25, 0.3) is 0 Å². The van der Waals surface area contributed by atoms with Gasteiger partial charge >= 0.3 is 6.03 Å². The minimum atomic E-state index is -0.401. The van der Waals surface area contributed by atoms with Crippen molar-refractivity contribution in [1.29, 1.82) is 0 Å². The number of nitrogens with one attached hydrogen (secondary N) is 2. The second kappa shape index (κ2) is 8.28. The van der Waals surface area contributed by atoms with Crippen molar-refractivity contribution in [2.24, 2.45) is 0 Å². The molecule has 0 radical (unpaired) electrons. The monoisotopic (exact) mass is 248 g/mol. The van der Waals surface area contributed by atoms with E-state index in [4.69, 9.17) is 0 Å². The summed E-state index contributed by atoms with van der Waals surface area (Å²) < 4.78 is 0. The van der Waals surface area contributed by atoms with Gasteiger partial charge in [-0.2, -0.15) is 0 Å². The number of carbonyl (C=O) groups excluding carboxylic acids is 2. The Labute approximate surface area is 108 Å². The number of carbonyl (C=O) groups is 2. The number of unbranched alkanes of at least 4 members (excludes halogenated alkanes) is 1. The van der Waals surface area contributed by atoms with E-state index in [0.717, 1.165) is 18.4 Å². The molecule has 0 saturated carbocycles. The second-order valence-electron chi connectivity index (χ2n) is 4.14. The third-order valence-corrected chi connectivity index (χ3v) is 2.55. The molecule has 2 N–H and O–H groups in total. The zero-order chi connectivity index (χ0) is 13.2. The largest absolute Gasteiger partial charge is 0.338 e. The fourth-order valence-corrected chi connectivity index (χ4v) is 1.51. The zero-order valence-electron chi connectivity index (χ0n) is 10.7. The Hall–Kier alpha value is -1.84. The predicted octanol–water partition coefficient (Wildman–Crippen LogP) is 2.25. The molecule has 0 atom stereocenters. The Morgan fingerprint density at radius 3 is 2.56 bits per heavy atom. The van der Waals surface area contributed by atoms with E-state index in [2.05, 4.69) is 10.6 Å². The number of urea groups is 1. The maximum absolute atomic E-state index is 11.5. The fraction of sp³-hybridized carbons (Fsp3) is 0.429. The number of hydrogen-bond donors (Lipinski definition) is 2. The maximum Gasteiger partial charge on any atom is 0.321 e. The van der Waals surface area contributed by atoms with Crippen LogP contribution in [-0.2, 0) is 11.2 Å². The van der Waals surface area contributed by atoms with Crippen LogP contribution in [0.5, 0.6) is 0 Å². The van der Waals surface area contributed by atoms with Gasteiger partial charge in [0.2, 0.25) is 5.91 Å². The van der Waals surface area contributed by atoms with E-state index >= 15 is 0 Å². The summed E-state index contributed by atoms with van der Waals surface area (Å²) >= 11 is 0. The molecule has 4 heteroatoms. The number of imide groups is 1. The SMILES string of the molecule is CCCCNC(=O)NC(=O)CCc1ccccc1. The number of amides is 3. The smallest absolute Gasteiger partial charge is 0.321 e. The van der Waals surface area contributed by atoms with Crippen LogP contribution in [0.1, 0.15) is 31.7 Å². The van der Waals surface area contributed by atoms with Gasteiger partial charge < -0.3 is 5.32 Å². The first-order chi connectivity index (χ1) is 8.72. The fourth-order valence-electron chi connectivity index (χ4n) is 1.51. The zero-order valence-corrected chi connectivity index (χ0v) is 10.7. The normalized spacial score (nSPS) is 9.83. The lowest BCUT2D eigenvalue weighted by atomic mass is 10.1. The lowest BCUT2D eigenvalue weighted by Crippen LogP contribution is -2.39.